The van der Waals surface area contributed by atoms with Crippen molar-refractivity contribution < 1.29 is 15.0 Å². The first-order valence-corrected chi connectivity index (χ1v) is 7.72. The number of rotatable bonds is 10. The summed E-state index contributed by atoms with van der Waals surface area (Å²) >= 11 is 0. The minimum absolute atomic E-state index is 0.281. The average molecular weight is 290 g/mol. The molecule has 0 fully saturated rings. The Hall–Kier alpha value is -1.71. The Labute approximate surface area is 128 Å². The smallest absolute Gasteiger partial charge is 0.332 e. The highest BCUT2D eigenvalue weighted by Gasteiger charge is 2.11. The second-order valence-corrected chi connectivity index (χ2v) is 4.92. The molecule has 0 aliphatic rings. The van der Waals surface area contributed by atoms with Crippen LogP contribution < -0.4 is 0 Å². The van der Waals surface area contributed by atoms with Crippen LogP contribution in [0.1, 0.15) is 64.7 Å². The maximum absolute atomic E-state index is 10.4. The molecule has 0 saturated heterocycles. The first-order chi connectivity index (χ1) is 10.2. The van der Waals surface area contributed by atoms with Crippen LogP contribution in [0.5, 0.6) is 0 Å². The molecule has 0 amide bonds. The molecule has 116 valence electrons. The van der Waals surface area contributed by atoms with Crippen LogP contribution in [0.25, 0.3) is 0 Å². The van der Waals surface area contributed by atoms with Gasteiger partial charge in [0.05, 0.1) is 0 Å². The fraction of sp³-hybridized carbons (Fsp3) is 0.611. The average Bonchev–Trinajstić information content (AvgIpc) is 2.47. The van der Waals surface area contributed by atoms with E-state index in [0.717, 1.165) is 12.8 Å². The van der Waals surface area contributed by atoms with Crippen LogP contribution in [-0.4, -0.2) is 22.3 Å². The topological polar surface area (TPSA) is 57.5 Å². The van der Waals surface area contributed by atoms with Gasteiger partial charge in [-0.15, -0.1) is 0 Å². The van der Waals surface area contributed by atoms with Crippen molar-refractivity contribution in [2.45, 2.75) is 70.8 Å². The zero-order valence-electron chi connectivity index (χ0n) is 12.9. The summed E-state index contributed by atoms with van der Waals surface area (Å²) in [5.74, 6) is 10.2. The second-order valence-electron chi connectivity index (χ2n) is 4.92. The number of allylic oxidation sites excluding steroid dienone is 2. The Bertz CT molecular complexity index is 415. The van der Waals surface area contributed by atoms with Gasteiger partial charge in [0.1, 0.15) is 0 Å². The Balaban J connectivity index is 3.55. The van der Waals surface area contributed by atoms with Crippen LogP contribution in [0, 0.1) is 23.7 Å². The van der Waals surface area contributed by atoms with Crippen molar-refractivity contribution in [3.63, 3.8) is 0 Å². The van der Waals surface area contributed by atoms with Gasteiger partial charge in [0.15, 0.2) is 6.10 Å². The molecule has 0 heterocycles. The quantitative estimate of drug-likeness (QED) is 0.478. The van der Waals surface area contributed by atoms with E-state index < -0.39 is 12.1 Å². The fourth-order valence-corrected chi connectivity index (χ4v) is 1.69. The molecule has 0 aliphatic heterocycles. The highest BCUT2D eigenvalue weighted by molar-refractivity contribution is 5.71. The molecule has 0 radical (unpaired) electrons. The van der Waals surface area contributed by atoms with E-state index in [2.05, 4.69) is 36.7 Å². The van der Waals surface area contributed by atoms with Gasteiger partial charge in [-0.25, -0.2) is 4.79 Å². The molecule has 0 saturated carbocycles. The monoisotopic (exact) mass is 290 g/mol. The van der Waals surface area contributed by atoms with Gasteiger partial charge >= 0.3 is 5.97 Å². The van der Waals surface area contributed by atoms with E-state index >= 15 is 0 Å². The summed E-state index contributed by atoms with van der Waals surface area (Å²) in [6.45, 7) is 2.20. The number of aliphatic carboxylic acids is 1. The summed E-state index contributed by atoms with van der Waals surface area (Å²) in [6, 6.07) is 0. The minimum atomic E-state index is -1.25. The largest absolute Gasteiger partial charge is 0.479 e. The molecule has 1 unspecified atom stereocenters. The lowest BCUT2D eigenvalue weighted by Crippen LogP contribution is -2.18. The molecule has 2 N–H and O–H groups in total. The second kappa shape index (κ2) is 14.7. The molecule has 0 aromatic heterocycles. The molecule has 3 heteroatoms. The number of carbonyl (C=O) groups is 1. The molecular formula is C18H26O3. The lowest BCUT2D eigenvalue weighted by atomic mass is 10.1. The summed E-state index contributed by atoms with van der Waals surface area (Å²) in [6.07, 6.45) is 11.2. The summed E-state index contributed by atoms with van der Waals surface area (Å²) < 4.78 is 0. The summed E-state index contributed by atoms with van der Waals surface area (Å²) in [4.78, 5) is 10.4. The van der Waals surface area contributed by atoms with E-state index in [0.29, 0.717) is 12.8 Å². The zero-order chi connectivity index (χ0) is 15.8. The molecule has 0 aromatic carbocycles. The number of hydrogen-bond acceptors (Lipinski definition) is 2. The van der Waals surface area contributed by atoms with Crippen LogP contribution in [0.3, 0.4) is 0 Å². The maximum Gasteiger partial charge on any atom is 0.332 e. The van der Waals surface area contributed by atoms with Gasteiger partial charge in [-0.05, 0) is 50.0 Å². The van der Waals surface area contributed by atoms with Gasteiger partial charge in [-0.3, -0.25) is 0 Å². The third-order valence-electron chi connectivity index (χ3n) is 2.96. The molecule has 3 nitrogen and oxygen atoms in total. The molecule has 0 spiro atoms. The van der Waals surface area contributed by atoms with Crippen LogP contribution in [-0.2, 0) is 4.79 Å². The number of hydrogen-bond donors (Lipinski definition) is 2. The van der Waals surface area contributed by atoms with E-state index in [4.69, 9.17) is 10.2 Å². The van der Waals surface area contributed by atoms with Crippen molar-refractivity contribution in [2.75, 3.05) is 0 Å². The standard InChI is InChI=1S/C18H26O3/c1-2-3-4-5-6-7-8-9-10-11-12-13-14-15-16-17(19)18(20)21/h7-8,17,19H,2-6,13-16H2,1H3,(H,20,21)/b8-7+. The number of unbranched alkanes of at least 4 members (excludes halogenated alkanes) is 6. The highest BCUT2D eigenvalue weighted by atomic mass is 16.4. The molecule has 21 heavy (non-hydrogen) atoms. The van der Waals surface area contributed by atoms with Gasteiger partial charge < -0.3 is 10.2 Å². The van der Waals surface area contributed by atoms with Crippen molar-refractivity contribution in [1.82, 2.24) is 0 Å². The van der Waals surface area contributed by atoms with Crippen molar-refractivity contribution in [2.24, 2.45) is 0 Å². The predicted molar refractivity (Wildman–Crippen MR) is 85.6 cm³/mol. The first-order valence-electron chi connectivity index (χ1n) is 7.72. The molecular weight excluding hydrogens is 264 g/mol. The Morgan fingerprint density at radius 1 is 1.14 bits per heavy atom. The number of aliphatic hydroxyl groups excluding tert-OH is 1. The van der Waals surface area contributed by atoms with Gasteiger partial charge in [0.25, 0.3) is 0 Å². The molecule has 0 rings (SSSR count). The van der Waals surface area contributed by atoms with Crippen LogP contribution in [0.2, 0.25) is 0 Å². The first kappa shape index (κ1) is 19.3. The van der Waals surface area contributed by atoms with Gasteiger partial charge in [-0.2, -0.15) is 0 Å². The van der Waals surface area contributed by atoms with E-state index in [1.165, 1.54) is 25.7 Å². The van der Waals surface area contributed by atoms with Crippen molar-refractivity contribution >= 4 is 5.97 Å². The van der Waals surface area contributed by atoms with E-state index in [1.807, 2.05) is 6.08 Å². The van der Waals surface area contributed by atoms with E-state index in [-0.39, 0.29) is 6.42 Å². The summed E-state index contributed by atoms with van der Waals surface area (Å²) in [5, 5.41) is 17.5. The van der Waals surface area contributed by atoms with Crippen molar-refractivity contribution in [3.05, 3.63) is 12.2 Å². The zero-order valence-corrected chi connectivity index (χ0v) is 12.9. The number of aliphatic hydroxyl groups is 1. The van der Waals surface area contributed by atoms with E-state index in [1.54, 1.807) is 0 Å². The summed E-state index contributed by atoms with van der Waals surface area (Å²) in [5.41, 5.74) is 0. The van der Waals surface area contributed by atoms with Crippen molar-refractivity contribution in [1.29, 1.82) is 0 Å². The molecule has 0 aromatic rings. The van der Waals surface area contributed by atoms with Crippen LogP contribution in [0.15, 0.2) is 12.2 Å². The van der Waals surface area contributed by atoms with Crippen LogP contribution >= 0.6 is 0 Å². The number of carboxylic acids is 1. The fourth-order valence-electron chi connectivity index (χ4n) is 1.69. The SMILES string of the molecule is CCCCCC/C=C/C#CC#CCCCCC(O)C(=O)O. The molecule has 0 aliphatic carbocycles. The summed E-state index contributed by atoms with van der Waals surface area (Å²) in [7, 11) is 0. The van der Waals surface area contributed by atoms with E-state index in [9.17, 15) is 4.79 Å². The predicted octanol–water partition coefficient (Wildman–Crippen LogP) is 3.53. The third kappa shape index (κ3) is 14.5. The van der Waals surface area contributed by atoms with Crippen LogP contribution in [0.4, 0.5) is 0 Å². The van der Waals surface area contributed by atoms with Gasteiger partial charge in [0.2, 0.25) is 0 Å². The third-order valence-corrected chi connectivity index (χ3v) is 2.96. The van der Waals surface area contributed by atoms with Crippen molar-refractivity contribution in [3.8, 4) is 23.7 Å². The normalized spacial score (nSPS) is 11.3. The van der Waals surface area contributed by atoms with Gasteiger partial charge in [-0.1, -0.05) is 44.1 Å². The Morgan fingerprint density at radius 3 is 2.67 bits per heavy atom. The lowest BCUT2D eigenvalue weighted by molar-refractivity contribution is -0.146. The number of carboxylic acid groups (broad SMARTS) is 1. The van der Waals surface area contributed by atoms with Gasteiger partial charge in [0, 0.05) is 6.42 Å². The highest BCUT2D eigenvalue weighted by Crippen LogP contribution is 2.03. The minimum Gasteiger partial charge on any atom is -0.479 e. The Morgan fingerprint density at radius 2 is 1.95 bits per heavy atom. The molecule has 0 bridgehead atoms. The maximum atomic E-state index is 10.4. The lowest BCUT2D eigenvalue weighted by Gasteiger charge is -2.02. The Kier molecular flexibility index (Phi) is 13.5. The molecule has 1 atom stereocenters.